The van der Waals surface area contributed by atoms with E-state index >= 15 is 0 Å². The Bertz CT molecular complexity index is 1270. The molecule has 2 aromatic carbocycles. The molecular formula is C27H27ClN6O. The molecule has 2 aromatic heterocycles. The molecule has 1 aliphatic rings. The van der Waals surface area contributed by atoms with Gasteiger partial charge in [-0.3, -0.25) is 9.78 Å². The van der Waals surface area contributed by atoms with Crippen molar-refractivity contribution >= 4 is 23.3 Å². The maximum atomic E-state index is 13.3. The maximum absolute atomic E-state index is 13.3. The zero-order valence-electron chi connectivity index (χ0n) is 19.6. The van der Waals surface area contributed by atoms with Gasteiger partial charge in [0.2, 0.25) is 5.91 Å². The van der Waals surface area contributed by atoms with E-state index in [1.807, 2.05) is 77.4 Å². The Kier molecular flexibility index (Phi) is 6.77. The molecule has 0 atom stereocenters. The second-order valence-electron chi connectivity index (χ2n) is 8.81. The molecule has 1 saturated heterocycles. The van der Waals surface area contributed by atoms with Crippen LogP contribution in [0.4, 0.5) is 5.82 Å². The lowest BCUT2D eigenvalue weighted by molar-refractivity contribution is -0.135. The highest BCUT2D eigenvalue weighted by atomic mass is 35.5. The van der Waals surface area contributed by atoms with Crippen LogP contribution in [0.1, 0.15) is 18.4 Å². The third-order valence-corrected chi connectivity index (χ3v) is 6.68. The normalized spacial score (nSPS) is 14.2. The van der Waals surface area contributed by atoms with Crippen molar-refractivity contribution in [3.8, 4) is 16.9 Å². The zero-order chi connectivity index (χ0) is 24.2. The lowest BCUT2D eigenvalue weighted by Gasteiger charge is -2.33. The number of nitrogens with zero attached hydrogens (tertiary/aromatic N) is 6. The average Bonchev–Trinajstić information content (AvgIpc) is 3.33. The summed E-state index contributed by atoms with van der Waals surface area (Å²) >= 11 is 6.11. The number of para-hydroxylation sites is 1. The van der Waals surface area contributed by atoms with Crippen LogP contribution in [0.15, 0.2) is 79.4 Å². The second-order valence-corrected chi connectivity index (χ2v) is 9.25. The van der Waals surface area contributed by atoms with E-state index < -0.39 is 0 Å². The Morgan fingerprint density at radius 1 is 1.06 bits per heavy atom. The number of aromatic nitrogens is 4. The van der Waals surface area contributed by atoms with Gasteiger partial charge in [0.05, 0.1) is 17.6 Å². The van der Waals surface area contributed by atoms with Crippen molar-refractivity contribution in [1.29, 1.82) is 0 Å². The minimum absolute atomic E-state index is 0.00364. The fourth-order valence-corrected chi connectivity index (χ4v) is 4.67. The summed E-state index contributed by atoms with van der Waals surface area (Å²) in [5.74, 6) is 1.03. The Hall–Kier alpha value is -3.71. The zero-order valence-corrected chi connectivity index (χ0v) is 20.3. The van der Waals surface area contributed by atoms with Crippen LogP contribution in [0.5, 0.6) is 0 Å². The van der Waals surface area contributed by atoms with Crippen LogP contribution in [0.3, 0.4) is 0 Å². The summed E-state index contributed by atoms with van der Waals surface area (Å²) in [5.41, 5.74) is 3.78. The summed E-state index contributed by atoms with van der Waals surface area (Å²) in [5, 5.41) is 5.54. The van der Waals surface area contributed by atoms with Gasteiger partial charge in [-0.2, -0.15) is 5.10 Å². The molecule has 5 rings (SSSR count). The van der Waals surface area contributed by atoms with Crippen LogP contribution in [0, 0.1) is 5.92 Å². The van der Waals surface area contributed by atoms with Gasteiger partial charge in [-0.1, -0.05) is 41.9 Å². The van der Waals surface area contributed by atoms with Crippen molar-refractivity contribution in [2.24, 2.45) is 5.92 Å². The lowest BCUT2D eigenvalue weighted by atomic mass is 9.95. The number of benzene rings is 2. The molecule has 4 aromatic rings. The van der Waals surface area contributed by atoms with Crippen LogP contribution >= 0.6 is 11.6 Å². The highest BCUT2D eigenvalue weighted by molar-refractivity contribution is 6.30. The SMILES string of the molecule is CN(Cc1cn(-c2ccccc2)nc1-c1ccc(Cl)cc1)C(=O)C1CCN(c2cnccn2)CC1. The number of piperidine rings is 1. The van der Waals surface area contributed by atoms with Crippen molar-refractivity contribution in [1.82, 2.24) is 24.6 Å². The third-order valence-electron chi connectivity index (χ3n) is 6.43. The molecule has 178 valence electrons. The number of amides is 1. The van der Waals surface area contributed by atoms with Gasteiger partial charge in [0.15, 0.2) is 0 Å². The Morgan fingerprint density at radius 2 is 1.80 bits per heavy atom. The molecule has 35 heavy (non-hydrogen) atoms. The van der Waals surface area contributed by atoms with Gasteiger partial charge in [0.25, 0.3) is 0 Å². The molecule has 0 radical (unpaired) electrons. The predicted octanol–water partition coefficient (Wildman–Crippen LogP) is 4.86. The van der Waals surface area contributed by atoms with Crippen LogP contribution in [-0.2, 0) is 11.3 Å². The standard InChI is InChI=1S/C27H27ClN6O/c1-32(27(35)21-11-15-33(16-12-21)25-17-29-13-14-30-25)18-22-19-34(24-5-3-2-4-6-24)31-26(22)20-7-9-23(28)10-8-20/h2-10,13-14,17,19,21H,11-12,15-16,18H2,1H3. The summed E-state index contributed by atoms with van der Waals surface area (Å²) in [6.07, 6.45) is 8.76. The number of carbonyl (C=O) groups is 1. The van der Waals surface area contributed by atoms with Crippen molar-refractivity contribution in [3.05, 3.63) is 90.0 Å². The summed E-state index contributed by atoms with van der Waals surface area (Å²) in [6.45, 7) is 2.07. The molecule has 3 heterocycles. The van der Waals surface area contributed by atoms with E-state index in [4.69, 9.17) is 16.7 Å². The van der Waals surface area contributed by atoms with Gasteiger partial charge in [-0.05, 0) is 37.1 Å². The number of carbonyl (C=O) groups excluding carboxylic acids is 1. The molecule has 0 spiro atoms. The molecule has 0 saturated carbocycles. The number of anilines is 1. The summed E-state index contributed by atoms with van der Waals surface area (Å²) in [7, 11) is 1.88. The Labute approximate surface area is 210 Å². The van der Waals surface area contributed by atoms with E-state index in [-0.39, 0.29) is 11.8 Å². The Balaban J connectivity index is 1.32. The minimum Gasteiger partial charge on any atom is -0.355 e. The second kappa shape index (κ2) is 10.3. The first-order valence-electron chi connectivity index (χ1n) is 11.7. The predicted molar refractivity (Wildman–Crippen MR) is 137 cm³/mol. The van der Waals surface area contributed by atoms with E-state index in [1.54, 1.807) is 18.6 Å². The molecule has 1 amide bonds. The maximum Gasteiger partial charge on any atom is 0.225 e. The van der Waals surface area contributed by atoms with Crippen molar-refractivity contribution in [3.63, 3.8) is 0 Å². The van der Waals surface area contributed by atoms with Crippen molar-refractivity contribution < 1.29 is 4.79 Å². The van der Waals surface area contributed by atoms with Gasteiger partial charge in [0, 0.05) is 67.3 Å². The number of halogens is 1. The summed E-state index contributed by atoms with van der Waals surface area (Å²) < 4.78 is 1.87. The quantitative estimate of drug-likeness (QED) is 0.389. The minimum atomic E-state index is -0.00364. The van der Waals surface area contributed by atoms with E-state index in [0.29, 0.717) is 11.6 Å². The lowest BCUT2D eigenvalue weighted by Crippen LogP contribution is -2.41. The molecule has 7 nitrogen and oxygen atoms in total. The van der Waals surface area contributed by atoms with Gasteiger partial charge < -0.3 is 9.80 Å². The fourth-order valence-electron chi connectivity index (χ4n) is 4.54. The molecular weight excluding hydrogens is 460 g/mol. The van der Waals surface area contributed by atoms with Gasteiger partial charge >= 0.3 is 0 Å². The van der Waals surface area contributed by atoms with Crippen LogP contribution in [0.2, 0.25) is 5.02 Å². The molecule has 1 fully saturated rings. The van der Waals surface area contributed by atoms with E-state index in [2.05, 4.69) is 14.9 Å². The van der Waals surface area contributed by atoms with Gasteiger partial charge in [-0.15, -0.1) is 0 Å². The molecule has 1 aliphatic heterocycles. The van der Waals surface area contributed by atoms with E-state index in [1.165, 1.54) is 0 Å². The summed E-state index contributed by atoms with van der Waals surface area (Å²) in [6, 6.07) is 17.6. The topological polar surface area (TPSA) is 67.2 Å². The van der Waals surface area contributed by atoms with Crippen molar-refractivity contribution in [2.45, 2.75) is 19.4 Å². The molecule has 0 bridgehead atoms. The molecule has 0 unspecified atom stereocenters. The van der Waals surface area contributed by atoms with Gasteiger partial charge in [0.1, 0.15) is 5.82 Å². The average molecular weight is 487 g/mol. The van der Waals surface area contributed by atoms with Crippen LogP contribution < -0.4 is 4.90 Å². The highest BCUT2D eigenvalue weighted by Crippen LogP contribution is 2.28. The van der Waals surface area contributed by atoms with Crippen molar-refractivity contribution in [2.75, 3.05) is 25.0 Å². The van der Waals surface area contributed by atoms with E-state index in [9.17, 15) is 4.79 Å². The first-order valence-corrected chi connectivity index (χ1v) is 12.1. The smallest absolute Gasteiger partial charge is 0.225 e. The fraction of sp³-hybridized carbons (Fsp3) is 0.259. The van der Waals surface area contributed by atoms with E-state index in [0.717, 1.165) is 54.3 Å². The number of rotatable bonds is 6. The molecule has 8 heteroatoms. The number of hydrogen-bond donors (Lipinski definition) is 0. The monoisotopic (exact) mass is 486 g/mol. The van der Waals surface area contributed by atoms with Crippen LogP contribution in [-0.4, -0.2) is 50.7 Å². The third kappa shape index (κ3) is 5.20. The first-order chi connectivity index (χ1) is 17.1. The first kappa shape index (κ1) is 23.1. The largest absolute Gasteiger partial charge is 0.355 e. The number of hydrogen-bond acceptors (Lipinski definition) is 5. The summed E-state index contributed by atoms with van der Waals surface area (Å²) in [4.78, 5) is 25.9. The Morgan fingerprint density at radius 3 is 2.49 bits per heavy atom. The van der Waals surface area contributed by atoms with Gasteiger partial charge in [-0.25, -0.2) is 9.67 Å². The van der Waals surface area contributed by atoms with Crippen LogP contribution in [0.25, 0.3) is 16.9 Å². The molecule has 0 N–H and O–H groups in total. The highest BCUT2D eigenvalue weighted by Gasteiger charge is 2.28. The molecule has 0 aliphatic carbocycles.